The van der Waals surface area contributed by atoms with Gasteiger partial charge in [0.05, 0.1) is 18.1 Å². The first kappa shape index (κ1) is 17.9. The lowest BCUT2D eigenvalue weighted by molar-refractivity contribution is 0.0303. The molecule has 8 heteroatoms. The van der Waals surface area contributed by atoms with E-state index in [0.29, 0.717) is 31.9 Å². The minimum atomic E-state index is -3.61. The van der Waals surface area contributed by atoms with Gasteiger partial charge in [-0.15, -0.1) is 0 Å². The van der Waals surface area contributed by atoms with E-state index >= 15 is 0 Å². The Hall–Kier alpha value is -1.48. The second kappa shape index (κ2) is 7.39. The van der Waals surface area contributed by atoms with E-state index in [1.54, 1.807) is 24.0 Å². The quantitative estimate of drug-likeness (QED) is 0.821. The van der Waals surface area contributed by atoms with Crippen molar-refractivity contribution in [3.8, 4) is 0 Å². The Morgan fingerprint density at radius 2 is 1.87 bits per heavy atom. The summed E-state index contributed by atoms with van der Waals surface area (Å²) in [7, 11) is -2.11. The number of rotatable bonds is 5. The summed E-state index contributed by atoms with van der Waals surface area (Å²) in [5.74, 6) is -0.110. The molecule has 7 nitrogen and oxygen atoms in total. The van der Waals surface area contributed by atoms with E-state index < -0.39 is 10.0 Å². The van der Waals surface area contributed by atoms with Crippen LogP contribution in [0, 0.1) is 0 Å². The smallest absolute Gasteiger partial charge is 0.254 e. The summed E-state index contributed by atoms with van der Waals surface area (Å²) in [6.07, 6.45) is 0. The van der Waals surface area contributed by atoms with Crippen molar-refractivity contribution >= 4 is 15.9 Å². The molecule has 0 spiro atoms. The zero-order valence-corrected chi connectivity index (χ0v) is 14.3. The van der Waals surface area contributed by atoms with Gasteiger partial charge in [-0.1, -0.05) is 0 Å². The second-order valence-electron chi connectivity index (χ2n) is 5.53. The molecule has 0 radical (unpaired) electrons. The maximum atomic E-state index is 12.5. The highest BCUT2D eigenvalue weighted by Gasteiger charge is 2.25. The molecule has 2 rings (SSSR count). The summed E-state index contributed by atoms with van der Waals surface area (Å²) in [5.41, 5.74) is 6.00. The Morgan fingerprint density at radius 3 is 2.39 bits per heavy atom. The summed E-state index contributed by atoms with van der Waals surface area (Å²) < 4.78 is 31.4. The van der Waals surface area contributed by atoms with Crippen LogP contribution in [0.1, 0.15) is 17.3 Å². The number of carbonyl (C=O) groups excluding carboxylic acids is 1. The van der Waals surface area contributed by atoms with E-state index in [2.05, 4.69) is 0 Å². The highest BCUT2D eigenvalue weighted by atomic mass is 32.2. The van der Waals surface area contributed by atoms with Crippen LogP contribution in [0.25, 0.3) is 0 Å². The first-order valence-corrected chi connectivity index (χ1v) is 8.97. The van der Waals surface area contributed by atoms with Gasteiger partial charge in [0.25, 0.3) is 5.91 Å². The summed E-state index contributed by atoms with van der Waals surface area (Å²) >= 11 is 0. The molecule has 128 valence electrons. The van der Waals surface area contributed by atoms with Crippen molar-refractivity contribution in [3.05, 3.63) is 29.8 Å². The number of ether oxygens (including phenoxy) is 1. The molecule has 0 aromatic heterocycles. The number of amides is 1. The number of carbonyl (C=O) groups is 1. The first-order valence-electron chi connectivity index (χ1n) is 7.53. The lowest BCUT2D eigenvalue weighted by Gasteiger charge is -2.27. The standard InChI is InChI=1S/C15H23N3O4S/c1-12(11-16)17(2)23(20,21)14-5-3-13(4-6-14)15(19)18-7-9-22-10-8-18/h3-6,12H,7-11,16H2,1-2H3. The molecule has 1 fully saturated rings. The topological polar surface area (TPSA) is 92.9 Å². The van der Waals surface area contributed by atoms with Crippen molar-refractivity contribution < 1.29 is 17.9 Å². The summed E-state index contributed by atoms with van der Waals surface area (Å²) in [4.78, 5) is 14.2. The van der Waals surface area contributed by atoms with Gasteiger partial charge in [-0.25, -0.2) is 8.42 Å². The molecule has 2 N–H and O–H groups in total. The maximum absolute atomic E-state index is 12.5. The van der Waals surface area contributed by atoms with Gasteiger partial charge in [0, 0.05) is 38.3 Å². The molecule has 1 unspecified atom stereocenters. The van der Waals surface area contributed by atoms with Crippen LogP contribution < -0.4 is 5.73 Å². The summed E-state index contributed by atoms with van der Waals surface area (Å²) in [6, 6.07) is 5.72. The Bertz CT molecular complexity index is 639. The van der Waals surface area contributed by atoms with Crippen LogP contribution in [0.3, 0.4) is 0 Å². The normalized spacial score (nSPS) is 17.3. The Balaban J connectivity index is 2.17. The molecule has 23 heavy (non-hydrogen) atoms. The molecular weight excluding hydrogens is 318 g/mol. The number of hydrogen-bond acceptors (Lipinski definition) is 5. The van der Waals surface area contributed by atoms with Crippen LogP contribution in [0.2, 0.25) is 0 Å². The second-order valence-corrected chi connectivity index (χ2v) is 7.53. The van der Waals surface area contributed by atoms with Crippen molar-refractivity contribution in [2.24, 2.45) is 5.73 Å². The van der Waals surface area contributed by atoms with Crippen LogP contribution in [0.15, 0.2) is 29.2 Å². The molecular formula is C15H23N3O4S. The third-order valence-corrected chi connectivity index (χ3v) is 6.02. The molecule has 1 aliphatic rings. The van der Waals surface area contributed by atoms with Crippen LogP contribution in [-0.2, 0) is 14.8 Å². The Morgan fingerprint density at radius 1 is 1.30 bits per heavy atom. The number of nitrogens with zero attached hydrogens (tertiary/aromatic N) is 2. The molecule has 0 bridgehead atoms. The minimum absolute atomic E-state index is 0.110. The fourth-order valence-corrected chi connectivity index (χ4v) is 3.64. The van der Waals surface area contributed by atoms with E-state index in [1.807, 2.05) is 0 Å². The molecule has 0 aliphatic carbocycles. The third-order valence-electron chi connectivity index (χ3n) is 4.04. The molecule has 1 aromatic carbocycles. The van der Waals surface area contributed by atoms with Crippen molar-refractivity contribution in [3.63, 3.8) is 0 Å². The van der Waals surface area contributed by atoms with Crippen LogP contribution in [0.4, 0.5) is 0 Å². The number of likely N-dealkylation sites (N-methyl/N-ethyl adjacent to an activating group) is 1. The van der Waals surface area contributed by atoms with E-state index in [9.17, 15) is 13.2 Å². The largest absolute Gasteiger partial charge is 0.378 e. The molecule has 1 aromatic rings. The van der Waals surface area contributed by atoms with Crippen LogP contribution >= 0.6 is 0 Å². The fraction of sp³-hybridized carbons (Fsp3) is 0.533. The predicted octanol–water partition coefficient (Wildman–Crippen LogP) is 0.127. The number of morpholine rings is 1. The molecule has 1 amide bonds. The number of sulfonamides is 1. The lowest BCUT2D eigenvalue weighted by Crippen LogP contribution is -2.41. The molecule has 0 saturated carbocycles. The average molecular weight is 341 g/mol. The molecule has 1 atom stereocenters. The number of hydrogen-bond donors (Lipinski definition) is 1. The monoisotopic (exact) mass is 341 g/mol. The average Bonchev–Trinajstić information content (AvgIpc) is 2.60. The molecule has 1 aliphatic heterocycles. The van der Waals surface area contributed by atoms with Gasteiger partial charge < -0.3 is 15.4 Å². The maximum Gasteiger partial charge on any atom is 0.254 e. The van der Waals surface area contributed by atoms with E-state index in [1.165, 1.54) is 23.5 Å². The van der Waals surface area contributed by atoms with Crippen LogP contribution in [0.5, 0.6) is 0 Å². The van der Waals surface area contributed by atoms with Gasteiger partial charge in [-0.3, -0.25) is 4.79 Å². The SMILES string of the molecule is CC(CN)N(C)S(=O)(=O)c1ccc(C(=O)N2CCOCC2)cc1. The zero-order chi connectivity index (χ0) is 17.0. The fourth-order valence-electron chi connectivity index (χ4n) is 2.27. The molecule has 1 heterocycles. The zero-order valence-electron chi connectivity index (χ0n) is 13.4. The Labute approximate surface area is 137 Å². The van der Waals surface area contributed by atoms with Gasteiger partial charge in [0.1, 0.15) is 0 Å². The molecule has 1 saturated heterocycles. The summed E-state index contributed by atoms with van der Waals surface area (Å²) in [5, 5.41) is 0. The van der Waals surface area contributed by atoms with Crippen molar-refractivity contribution in [1.82, 2.24) is 9.21 Å². The van der Waals surface area contributed by atoms with Gasteiger partial charge >= 0.3 is 0 Å². The van der Waals surface area contributed by atoms with Crippen LogP contribution in [-0.4, -0.2) is 69.5 Å². The van der Waals surface area contributed by atoms with E-state index in [0.717, 1.165) is 0 Å². The van der Waals surface area contributed by atoms with Crippen molar-refractivity contribution in [1.29, 1.82) is 0 Å². The Kier molecular flexibility index (Phi) is 5.74. The van der Waals surface area contributed by atoms with Gasteiger partial charge in [0.15, 0.2) is 0 Å². The van der Waals surface area contributed by atoms with Crippen molar-refractivity contribution in [2.45, 2.75) is 17.9 Å². The van der Waals surface area contributed by atoms with Crippen molar-refractivity contribution in [2.75, 3.05) is 39.9 Å². The number of nitrogens with two attached hydrogens (primary N) is 1. The van der Waals surface area contributed by atoms with E-state index in [4.69, 9.17) is 10.5 Å². The summed E-state index contributed by atoms with van der Waals surface area (Å²) in [6.45, 7) is 4.14. The highest BCUT2D eigenvalue weighted by molar-refractivity contribution is 7.89. The minimum Gasteiger partial charge on any atom is -0.378 e. The van der Waals surface area contributed by atoms with E-state index in [-0.39, 0.29) is 23.4 Å². The number of benzene rings is 1. The predicted molar refractivity (Wildman–Crippen MR) is 86.6 cm³/mol. The first-order chi connectivity index (χ1) is 10.9. The highest BCUT2D eigenvalue weighted by Crippen LogP contribution is 2.18. The van der Waals surface area contributed by atoms with Gasteiger partial charge in [-0.05, 0) is 31.2 Å². The van der Waals surface area contributed by atoms with Gasteiger partial charge in [-0.2, -0.15) is 4.31 Å². The van der Waals surface area contributed by atoms with Gasteiger partial charge in [0.2, 0.25) is 10.0 Å². The third kappa shape index (κ3) is 3.89. The lowest BCUT2D eigenvalue weighted by atomic mass is 10.2.